The summed E-state index contributed by atoms with van der Waals surface area (Å²) < 4.78 is 5.53. The maximum Gasteiger partial charge on any atom is 0.410 e. The number of likely N-dealkylation sites (tertiary alicyclic amines) is 1. The van der Waals surface area contributed by atoms with Gasteiger partial charge in [0.2, 0.25) is 0 Å². The first kappa shape index (κ1) is 17.5. The van der Waals surface area contributed by atoms with Crippen LogP contribution in [0.25, 0.3) is 0 Å². The molecule has 2 atom stereocenters. The van der Waals surface area contributed by atoms with Crippen molar-refractivity contribution < 1.29 is 14.3 Å². The predicted molar refractivity (Wildman–Crippen MR) is 94.2 cm³/mol. The molecule has 0 spiro atoms. The lowest BCUT2D eigenvalue weighted by Crippen LogP contribution is -2.58. The van der Waals surface area contributed by atoms with Gasteiger partial charge < -0.3 is 15.4 Å². The van der Waals surface area contributed by atoms with Crippen molar-refractivity contribution in [3.8, 4) is 0 Å². The number of pyridine rings is 1. The first-order chi connectivity index (χ1) is 11.7. The Kier molecular flexibility index (Phi) is 4.34. The van der Waals surface area contributed by atoms with E-state index in [1.165, 1.54) is 6.20 Å². The number of fused-ring (bicyclic) bond motifs is 2. The monoisotopic (exact) mass is 346 g/mol. The number of carbonyl (C=O) groups is 2. The van der Waals surface area contributed by atoms with Crippen molar-refractivity contribution in [2.75, 3.05) is 18.8 Å². The number of carbonyl (C=O) groups excluding carboxylic acids is 2. The number of aromatic nitrogens is 1. The molecule has 3 heterocycles. The number of nitrogens with two attached hydrogens (primary N) is 1. The Bertz CT molecular complexity index is 684. The van der Waals surface area contributed by atoms with Gasteiger partial charge in [-0.15, -0.1) is 0 Å². The average molecular weight is 346 g/mol. The van der Waals surface area contributed by atoms with Gasteiger partial charge in [0.15, 0.2) is 0 Å². The van der Waals surface area contributed by atoms with E-state index in [4.69, 9.17) is 10.5 Å². The second kappa shape index (κ2) is 6.20. The number of anilines is 1. The zero-order chi connectivity index (χ0) is 18.4. The molecule has 25 heavy (non-hydrogen) atoms. The number of ether oxygens (including phenoxy) is 1. The summed E-state index contributed by atoms with van der Waals surface area (Å²) in [6.45, 7) is 8.50. The minimum Gasteiger partial charge on any atom is -0.444 e. The molecule has 2 amide bonds. The van der Waals surface area contributed by atoms with Gasteiger partial charge in [0.1, 0.15) is 11.4 Å². The second-order valence-electron chi connectivity index (χ2n) is 7.91. The van der Waals surface area contributed by atoms with Gasteiger partial charge in [0, 0.05) is 19.3 Å². The number of amides is 2. The van der Waals surface area contributed by atoms with E-state index < -0.39 is 5.60 Å². The third kappa shape index (κ3) is 3.55. The third-order valence-corrected chi connectivity index (χ3v) is 4.74. The number of nitrogen functional groups attached to an aromatic ring is 1. The lowest BCUT2D eigenvalue weighted by atomic mass is 10.1. The van der Waals surface area contributed by atoms with E-state index >= 15 is 0 Å². The zero-order valence-electron chi connectivity index (χ0n) is 15.3. The normalized spacial score (nSPS) is 22.9. The number of rotatable bonds is 1. The summed E-state index contributed by atoms with van der Waals surface area (Å²) in [6, 6.07) is 1.73. The van der Waals surface area contributed by atoms with Crippen molar-refractivity contribution in [1.29, 1.82) is 0 Å². The van der Waals surface area contributed by atoms with Crippen molar-refractivity contribution in [3.63, 3.8) is 0 Å². The second-order valence-corrected chi connectivity index (χ2v) is 7.91. The third-order valence-electron chi connectivity index (χ3n) is 4.74. The van der Waals surface area contributed by atoms with Crippen LogP contribution >= 0.6 is 0 Å². The maximum absolute atomic E-state index is 12.9. The molecule has 3 rings (SSSR count). The highest BCUT2D eigenvalue weighted by atomic mass is 16.6. The Morgan fingerprint density at radius 2 is 1.84 bits per heavy atom. The molecule has 136 valence electrons. The molecule has 2 N–H and O–H groups in total. The highest BCUT2D eigenvalue weighted by molar-refractivity contribution is 5.95. The Hall–Kier alpha value is -2.31. The van der Waals surface area contributed by atoms with Gasteiger partial charge in [-0.3, -0.25) is 9.69 Å². The molecular formula is C18H26N4O3. The van der Waals surface area contributed by atoms with Crippen LogP contribution in [0.2, 0.25) is 0 Å². The SMILES string of the molecule is Cc1cc(N)ncc1C(=O)N1CC2CCC(C1)N2C(=O)OC(C)(C)C. The largest absolute Gasteiger partial charge is 0.444 e. The summed E-state index contributed by atoms with van der Waals surface area (Å²) >= 11 is 0. The lowest BCUT2D eigenvalue weighted by molar-refractivity contribution is -0.00337. The number of hydrogen-bond acceptors (Lipinski definition) is 5. The fraction of sp³-hybridized carbons (Fsp3) is 0.611. The van der Waals surface area contributed by atoms with Crippen LogP contribution in [-0.4, -0.2) is 57.6 Å². The first-order valence-corrected chi connectivity index (χ1v) is 8.68. The van der Waals surface area contributed by atoms with E-state index in [0.29, 0.717) is 24.5 Å². The maximum atomic E-state index is 12.9. The number of nitrogens with zero attached hydrogens (tertiary/aromatic N) is 3. The summed E-state index contributed by atoms with van der Waals surface area (Å²) in [5.41, 5.74) is 6.54. The van der Waals surface area contributed by atoms with Crippen LogP contribution in [-0.2, 0) is 4.74 Å². The molecule has 0 aliphatic carbocycles. The van der Waals surface area contributed by atoms with Crippen molar-refractivity contribution in [2.45, 2.75) is 58.2 Å². The van der Waals surface area contributed by atoms with Crippen molar-refractivity contribution in [1.82, 2.24) is 14.8 Å². The Balaban J connectivity index is 1.73. The molecule has 7 heteroatoms. The van der Waals surface area contributed by atoms with E-state index in [1.807, 2.05) is 37.5 Å². The van der Waals surface area contributed by atoms with Crippen LogP contribution in [0.3, 0.4) is 0 Å². The lowest BCUT2D eigenvalue weighted by Gasteiger charge is -2.41. The molecule has 7 nitrogen and oxygen atoms in total. The van der Waals surface area contributed by atoms with Crippen LogP contribution in [0, 0.1) is 6.92 Å². The molecule has 0 radical (unpaired) electrons. The smallest absolute Gasteiger partial charge is 0.410 e. The minimum absolute atomic E-state index is 0.0135. The van der Waals surface area contributed by atoms with Gasteiger partial charge in [0.25, 0.3) is 5.91 Å². The molecule has 0 aromatic carbocycles. The Labute approximate surface area is 148 Å². The van der Waals surface area contributed by atoms with E-state index in [-0.39, 0.29) is 24.1 Å². The number of piperazine rings is 1. The fourth-order valence-corrected chi connectivity index (χ4v) is 3.65. The molecule has 1 aromatic heterocycles. The van der Waals surface area contributed by atoms with Crippen LogP contribution < -0.4 is 5.73 Å². The summed E-state index contributed by atoms with van der Waals surface area (Å²) in [6.07, 6.45) is 3.05. The highest BCUT2D eigenvalue weighted by Gasteiger charge is 2.45. The summed E-state index contributed by atoms with van der Waals surface area (Å²) in [5.74, 6) is 0.356. The molecule has 2 fully saturated rings. The van der Waals surface area contributed by atoms with Crippen molar-refractivity contribution in [3.05, 3.63) is 23.4 Å². The van der Waals surface area contributed by atoms with Crippen molar-refractivity contribution >= 4 is 17.8 Å². The summed E-state index contributed by atoms with van der Waals surface area (Å²) in [4.78, 5) is 33.0. The van der Waals surface area contributed by atoms with E-state index in [1.54, 1.807) is 6.07 Å². The fourth-order valence-electron chi connectivity index (χ4n) is 3.65. The van der Waals surface area contributed by atoms with E-state index in [2.05, 4.69) is 4.98 Å². The number of hydrogen-bond donors (Lipinski definition) is 1. The van der Waals surface area contributed by atoms with Crippen LogP contribution in [0.1, 0.15) is 49.5 Å². The van der Waals surface area contributed by atoms with Crippen LogP contribution in [0.5, 0.6) is 0 Å². The molecule has 2 saturated heterocycles. The molecule has 1 aromatic rings. The minimum atomic E-state index is -0.518. The summed E-state index contributed by atoms with van der Waals surface area (Å²) in [5, 5.41) is 0. The standard InChI is InChI=1S/C18H26N4O3/c1-11-7-15(19)20-8-14(11)16(23)21-9-12-5-6-13(10-21)22(12)17(24)25-18(2,3)4/h7-8,12-13H,5-6,9-10H2,1-4H3,(H2,19,20). The van der Waals surface area contributed by atoms with Gasteiger partial charge in [-0.05, 0) is 52.2 Å². The predicted octanol–water partition coefficient (Wildman–Crippen LogP) is 2.20. The Morgan fingerprint density at radius 1 is 1.24 bits per heavy atom. The zero-order valence-corrected chi connectivity index (χ0v) is 15.3. The molecule has 2 unspecified atom stereocenters. The first-order valence-electron chi connectivity index (χ1n) is 8.68. The van der Waals surface area contributed by atoms with E-state index in [9.17, 15) is 9.59 Å². The average Bonchev–Trinajstić information content (AvgIpc) is 2.75. The molecule has 2 aliphatic rings. The van der Waals surface area contributed by atoms with Gasteiger partial charge >= 0.3 is 6.09 Å². The Morgan fingerprint density at radius 3 is 2.36 bits per heavy atom. The van der Waals surface area contributed by atoms with Crippen molar-refractivity contribution in [2.24, 2.45) is 0 Å². The van der Waals surface area contributed by atoms with Gasteiger partial charge in [-0.2, -0.15) is 0 Å². The molecular weight excluding hydrogens is 320 g/mol. The van der Waals surface area contributed by atoms with Crippen LogP contribution in [0.4, 0.5) is 10.6 Å². The quantitative estimate of drug-likeness (QED) is 0.842. The number of aryl methyl sites for hydroxylation is 1. The van der Waals surface area contributed by atoms with E-state index in [0.717, 1.165) is 18.4 Å². The van der Waals surface area contributed by atoms with Crippen LogP contribution in [0.15, 0.2) is 12.3 Å². The topological polar surface area (TPSA) is 88.8 Å². The van der Waals surface area contributed by atoms with Gasteiger partial charge in [0.05, 0.1) is 17.6 Å². The molecule has 0 saturated carbocycles. The molecule has 2 aliphatic heterocycles. The van der Waals surface area contributed by atoms with Gasteiger partial charge in [-0.1, -0.05) is 0 Å². The van der Waals surface area contributed by atoms with Gasteiger partial charge in [-0.25, -0.2) is 9.78 Å². The molecule has 2 bridgehead atoms. The summed E-state index contributed by atoms with van der Waals surface area (Å²) in [7, 11) is 0. The highest BCUT2D eigenvalue weighted by Crippen LogP contribution is 2.32.